The van der Waals surface area contributed by atoms with Gasteiger partial charge in [-0.25, -0.2) is 4.98 Å². The Hall–Kier alpha value is -0.480. The van der Waals surface area contributed by atoms with Crippen LogP contribution in [-0.2, 0) is 6.54 Å². The zero-order chi connectivity index (χ0) is 9.68. The van der Waals surface area contributed by atoms with Gasteiger partial charge in [-0.15, -0.1) is 0 Å². The molecule has 1 heterocycles. The Morgan fingerprint density at radius 1 is 1.62 bits per heavy atom. The average Bonchev–Trinajstić information content (AvgIpc) is 2.48. The normalized spacial score (nSPS) is 11.1. The van der Waals surface area contributed by atoms with Crippen LogP contribution in [0.4, 0.5) is 0 Å². The predicted octanol–water partition coefficient (Wildman–Crippen LogP) is 1.59. The highest BCUT2D eigenvalue weighted by molar-refractivity contribution is 7.99. The Labute approximate surface area is 83.7 Å². The van der Waals surface area contributed by atoms with Crippen LogP contribution in [0.15, 0.2) is 17.6 Å². The Morgan fingerprint density at radius 2 is 2.38 bits per heavy atom. The fourth-order valence-electron chi connectivity index (χ4n) is 1.12. The van der Waals surface area contributed by atoms with E-state index < -0.39 is 0 Å². The standard InChI is InChI=1S/C9H17N3S/c1-8(2)7-12-5-4-11-9(12)13-6-3-10/h4-5,8H,3,6-7,10H2,1-2H3. The van der Waals surface area contributed by atoms with Gasteiger partial charge in [-0.3, -0.25) is 0 Å². The number of aromatic nitrogens is 2. The molecule has 0 aliphatic rings. The quantitative estimate of drug-likeness (QED) is 0.732. The van der Waals surface area contributed by atoms with Crippen LogP contribution in [0.1, 0.15) is 13.8 Å². The predicted molar refractivity (Wildman–Crippen MR) is 56.8 cm³/mol. The summed E-state index contributed by atoms with van der Waals surface area (Å²) in [5.41, 5.74) is 5.44. The van der Waals surface area contributed by atoms with Crippen molar-refractivity contribution < 1.29 is 0 Å². The van der Waals surface area contributed by atoms with E-state index >= 15 is 0 Å². The van der Waals surface area contributed by atoms with Gasteiger partial charge in [0.1, 0.15) is 0 Å². The highest BCUT2D eigenvalue weighted by Gasteiger charge is 2.03. The van der Waals surface area contributed by atoms with E-state index in [0.717, 1.165) is 17.5 Å². The third-order valence-electron chi connectivity index (χ3n) is 1.59. The van der Waals surface area contributed by atoms with Gasteiger partial charge < -0.3 is 10.3 Å². The van der Waals surface area contributed by atoms with Gasteiger partial charge in [0.15, 0.2) is 5.16 Å². The molecule has 0 aliphatic heterocycles. The fourth-order valence-corrected chi connectivity index (χ4v) is 1.86. The molecule has 3 nitrogen and oxygen atoms in total. The number of hydrogen-bond donors (Lipinski definition) is 1. The summed E-state index contributed by atoms with van der Waals surface area (Å²) in [6.45, 7) is 6.15. The van der Waals surface area contributed by atoms with Crippen molar-refractivity contribution in [3.05, 3.63) is 12.4 Å². The first-order valence-corrected chi connectivity index (χ1v) is 5.56. The fraction of sp³-hybridized carbons (Fsp3) is 0.667. The summed E-state index contributed by atoms with van der Waals surface area (Å²) < 4.78 is 2.19. The Balaban J connectivity index is 2.55. The summed E-state index contributed by atoms with van der Waals surface area (Å²) in [7, 11) is 0. The van der Waals surface area contributed by atoms with Crippen molar-refractivity contribution >= 4 is 11.8 Å². The second-order valence-electron chi connectivity index (χ2n) is 3.39. The van der Waals surface area contributed by atoms with Crippen LogP contribution in [0.3, 0.4) is 0 Å². The van der Waals surface area contributed by atoms with E-state index in [4.69, 9.17) is 5.73 Å². The minimum absolute atomic E-state index is 0.659. The first-order valence-electron chi connectivity index (χ1n) is 4.58. The Bertz CT molecular complexity index is 245. The minimum Gasteiger partial charge on any atom is -0.330 e. The molecule has 1 aromatic rings. The zero-order valence-electron chi connectivity index (χ0n) is 8.23. The maximum Gasteiger partial charge on any atom is 0.167 e. The summed E-state index contributed by atoms with van der Waals surface area (Å²) in [6.07, 6.45) is 3.88. The third-order valence-corrected chi connectivity index (χ3v) is 2.63. The molecule has 0 bridgehead atoms. The second kappa shape index (κ2) is 5.29. The topological polar surface area (TPSA) is 43.8 Å². The number of nitrogens with two attached hydrogens (primary N) is 1. The molecule has 0 radical (unpaired) electrons. The van der Waals surface area contributed by atoms with Crippen molar-refractivity contribution in [1.29, 1.82) is 0 Å². The van der Waals surface area contributed by atoms with Crippen LogP contribution in [0.2, 0.25) is 0 Å². The van der Waals surface area contributed by atoms with Crippen molar-refractivity contribution in [2.24, 2.45) is 11.7 Å². The van der Waals surface area contributed by atoms with E-state index in [-0.39, 0.29) is 0 Å². The van der Waals surface area contributed by atoms with E-state index in [9.17, 15) is 0 Å². The molecule has 0 atom stereocenters. The molecule has 74 valence electrons. The molecule has 0 unspecified atom stereocenters. The largest absolute Gasteiger partial charge is 0.330 e. The van der Waals surface area contributed by atoms with Crippen LogP contribution in [-0.4, -0.2) is 21.8 Å². The molecule has 0 saturated carbocycles. The molecular weight excluding hydrogens is 182 g/mol. The maximum atomic E-state index is 5.44. The van der Waals surface area contributed by atoms with Gasteiger partial charge >= 0.3 is 0 Å². The molecule has 0 aromatic carbocycles. The molecule has 1 aromatic heterocycles. The first kappa shape index (κ1) is 10.6. The Morgan fingerprint density at radius 3 is 3.00 bits per heavy atom. The number of hydrogen-bond acceptors (Lipinski definition) is 3. The molecule has 0 saturated heterocycles. The van der Waals surface area contributed by atoms with Crippen molar-refractivity contribution in [1.82, 2.24) is 9.55 Å². The van der Waals surface area contributed by atoms with Gasteiger partial charge in [-0.05, 0) is 5.92 Å². The maximum absolute atomic E-state index is 5.44. The lowest BCUT2D eigenvalue weighted by Gasteiger charge is -2.08. The van der Waals surface area contributed by atoms with Crippen LogP contribution in [0.25, 0.3) is 0 Å². The zero-order valence-corrected chi connectivity index (χ0v) is 9.05. The van der Waals surface area contributed by atoms with Crippen molar-refractivity contribution in [2.75, 3.05) is 12.3 Å². The first-order chi connectivity index (χ1) is 6.24. The van der Waals surface area contributed by atoms with E-state index in [1.165, 1.54) is 0 Å². The molecule has 13 heavy (non-hydrogen) atoms. The van der Waals surface area contributed by atoms with Crippen molar-refractivity contribution in [3.63, 3.8) is 0 Å². The summed E-state index contributed by atoms with van der Waals surface area (Å²) in [5, 5.41) is 1.08. The van der Waals surface area contributed by atoms with Gasteiger partial charge in [-0.2, -0.15) is 0 Å². The minimum atomic E-state index is 0.659. The molecular formula is C9H17N3S. The van der Waals surface area contributed by atoms with Crippen LogP contribution < -0.4 is 5.73 Å². The van der Waals surface area contributed by atoms with Gasteiger partial charge in [0.25, 0.3) is 0 Å². The van der Waals surface area contributed by atoms with Crippen LogP contribution >= 0.6 is 11.8 Å². The number of imidazole rings is 1. The van der Waals surface area contributed by atoms with Gasteiger partial charge in [-0.1, -0.05) is 25.6 Å². The highest BCUT2D eigenvalue weighted by Crippen LogP contribution is 2.15. The lowest BCUT2D eigenvalue weighted by atomic mass is 10.2. The lowest BCUT2D eigenvalue weighted by Crippen LogP contribution is -2.07. The lowest BCUT2D eigenvalue weighted by molar-refractivity contribution is 0.494. The number of thioether (sulfide) groups is 1. The van der Waals surface area contributed by atoms with Gasteiger partial charge in [0.05, 0.1) is 0 Å². The van der Waals surface area contributed by atoms with Gasteiger partial charge in [0, 0.05) is 31.2 Å². The second-order valence-corrected chi connectivity index (χ2v) is 4.46. The summed E-state index contributed by atoms with van der Waals surface area (Å²) >= 11 is 1.72. The molecule has 0 spiro atoms. The smallest absolute Gasteiger partial charge is 0.167 e. The van der Waals surface area contributed by atoms with E-state index in [0.29, 0.717) is 12.5 Å². The summed E-state index contributed by atoms with van der Waals surface area (Å²) in [4.78, 5) is 4.28. The molecule has 4 heteroatoms. The molecule has 0 fully saturated rings. The van der Waals surface area contributed by atoms with Crippen molar-refractivity contribution in [3.8, 4) is 0 Å². The van der Waals surface area contributed by atoms with E-state index in [1.807, 2.05) is 12.4 Å². The highest BCUT2D eigenvalue weighted by atomic mass is 32.2. The summed E-state index contributed by atoms with van der Waals surface area (Å²) in [6, 6.07) is 0. The molecule has 0 aliphatic carbocycles. The van der Waals surface area contributed by atoms with Crippen molar-refractivity contribution in [2.45, 2.75) is 25.5 Å². The number of rotatable bonds is 5. The van der Waals surface area contributed by atoms with Crippen LogP contribution in [0.5, 0.6) is 0 Å². The Kier molecular flexibility index (Phi) is 4.32. The molecule has 0 amide bonds. The number of nitrogens with zero attached hydrogens (tertiary/aromatic N) is 2. The SMILES string of the molecule is CC(C)Cn1ccnc1SCCN. The van der Waals surface area contributed by atoms with E-state index in [1.54, 1.807) is 11.8 Å². The molecule has 2 N–H and O–H groups in total. The van der Waals surface area contributed by atoms with E-state index in [2.05, 4.69) is 23.4 Å². The molecule has 1 rings (SSSR count). The summed E-state index contributed by atoms with van der Waals surface area (Å²) in [5.74, 6) is 1.60. The monoisotopic (exact) mass is 199 g/mol. The van der Waals surface area contributed by atoms with Crippen LogP contribution in [0, 0.1) is 5.92 Å². The average molecular weight is 199 g/mol. The van der Waals surface area contributed by atoms with Gasteiger partial charge in [0.2, 0.25) is 0 Å². The third kappa shape index (κ3) is 3.40.